The van der Waals surface area contributed by atoms with Crippen LogP contribution in [0.15, 0.2) is 18.6 Å². The van der Waals surface area contributed by atoms with Crippen molar-refractivity contribution in [3.63, 3.8) is 0 Å². The van der Waals surface area contributed by atoms with E-state index in [1.807, 2.05) is 4.57 Å². The molecule has 0 amide bonds. The number of aromatic nitrogens is 5. The first-order valence-corrected chi connectivity index (χ1v) is 5.20. The van der Waals surface area contributed by atoms with Gasteiger partial charge in [-0.25, -0.2) is 4.98 Å². The second kappa shape index (κ2) is 3.23. The molecule has 0 saturated heterocycles. The summed E-state index contributed by atoms with van der Waals surface area (Å²) in [7, 11) is 0. The summed E-state index contributed by atoms with van der Waals surface area (Å²) in [5, 5.41) is 7.00. The highest BCUT2D eigenvalue weighted by Crippen LogP contribution is 2.37. The van der Waals surface area contributed by atoms with E-state index in [-0.39, 0.29) is 0 Å². The Hall–Kier alpha value is -1.56. The number of hydrogen-bond donors (Lipinski definition) is 1. The van der Waals surface area contributed by atoms with Crippen molar-refractivity contribution in [2.45, 2.75) is 18.9 Å². The van der Waals surface area contributed by atoms with Crippen molar-refractivity contribution in [1.82, 2.24) is 24.7 Å². The maximum Gasteiger partial charge on any atom is 0.195 e. The van der Waals surface area contributed by atoms with E-state index >= 15 is 0 Å². The SMILES string of the molecule is S=c1[nH]nc(-c2cnccn2)n1C1CC1. The van der Waals surface area contributed by atoms with Gasteiger partial charge in [-0.3, -0.25) is 14.6 Å². The highest BCUT2D eigenvalue weighted by atomic mass is 32.1. The van der Waals surface area contributed by atoms with Crippen LogP contribution >= 0.6 is 12.2 Å². The smallest absolute Gasteiger partial charge is 0.195 e. The Bertz CT molecular complexity index is 525. The first-order valence-electron chi connectivity index (χ1n) is 4.79. The average Bonchev–Trinajstić information content (AvgIpc) is 3.03. The zero-order valence-electron chi connectivity index (χ0n) is 7.92. The van der Waals surface area contributed by atoms with Gasteiger partial charge < -0.3 is 0 Å². The molecule has 0 bridgehead atoms. The molecule has 6 heteroatoms. The van der Waals surface area contributed by atoms with E-state index in [1.165, 1.54) is 12.8 Å². The molecular formula is C9H9N5S. The van der Waals surface area contributed by atoms with Gasteiger partial charge in [0.05, 0.1) is 6.20 Å². The predicted molar refractivity (Wildman–Crippen MR) is 56.7 cm³/mol. The molecule has 0 spiro atoms. The molecule has 2 heterocycles. The van der Waals surface area contributed by atoms with E-state index < -0.39 is 0 Å². The van der Waals surface area contributed by atoms with Crippen LogP contribution in [-0.4, -0.2) is 24.7 Å². The number of aromatic amines is 1. The van der Waals surface area contributed by atoms with Crippen LogP contribution in [0.2, 0.25) is 0 Å². The van der Waals surface area contributed by atoms with Crippen molar-refractivity contribution in [2.24, 2.45) is 0 Å². The van der Waals surface area contributed by atoms with Crippen LogP contribution < -0.4 is 0 Å². The summed E-state index contributed by atoms with van der Waals surface area (Å²) in [6, 6.07) is 0.494. The third-order valence-corrected chi connectivity index (χ3v) is 2.70. The predicted octanol–water partition coefficient (Wildman–Crippen LogP) is 1.73. The standard InChI is InChI=1S/C9H9N5S/c15-9-13-12-8(14(9)6-1-2-6)7-5-10-3-4-11-7/h3-6H,1-2H2,(H,13,15). The van der Waals surface area contributed by atoms with Crippen molar-refractivity contribution >= 4 is 12.2 Å². The van der Waals surface area contributed by atoms with Crippen molar-refractivity contribution in [2.75, 3.05) is 0 Å². The lowest BCUT2D eigenvalue weighted by Crippen LogP contribution is -1.99. The molecule has 0 aliphatic heterocycles. The molecule has 1 aliphatic rings. The molecule has 0 atom stereocenters. The van der Waals surface area contributed by atoms with E-state index in [4.69, 9.17) is 12.2 Å². The summed E-state index contributed by atoms with van der Waals surface area (Å²) in [5.41, 5.74) is 0.761. The van der Waals surface area contributed by atoms with Gasteiger partial charge in [-0.05, 0) is 25.1 Å². The maximum absolute atomic E-state index is 5.19. The maximum atomic E-state index is 5.19. The summed E-state index contributed by atoms with van der Waals surface area (Å²) in [6.07, 6.45) is 7.34. The van der Waals surface area contributed by atoms with Gasteiger partial charge in [-0.1, -0.05) is 0 Å². The van der Waals surface area contributed by atoms with E-state index in [9.17, 15) is 0 Å². The lowest BCUT2D eigenvalue weighted by Gasteiger charge is -2.02. The normalized spacial score (nSPS) is 15.5. The van der Waals surface area contributed by atoms with E-state index in [1.54, 1.807) is 18.6 Å². The molecule has 76 valence electrons. The fraction of sp³-hybridized carbons (Fsp3) is 0.333. The minimum atomic E-state index is 0.494. The Labute approximate surface area is 91.2 Å². The summed E-state index contributed by atoms with van der Waals surface area (Å²) in [4.78, 5) is 8.25. The molecule has 1 N–H and O–H groups in total. The number of nitrogens with one attached hydrogen (secondary N) is 1. The first-order chi connectivity index (χ1) is 7.36. The summed E-state index contributed by atoms with van der Waals surface area (Å²) >= 11 is 5.19. The van der Waals surface area contributed by atoms with Crippen LogP contribution in [0.3, 0.4) is 0 Å². The lowest BCUT2D eigenvalue weighted by molar-refractivity contribution is 0.732. The Balaban J connectivity index is 2.16. The molecule has 1 aliphatic carbocycles. The fourth-order valence-corrected chi connectivity index (χ4v) is 1.85. The fourth-order valence-electron chi connectivity index (χ4n) is 1.57. The Morgan fingerprint density at radius 3 is 2.93 bits per heavy atom. The molecule has 15 heavy (non-hydrogen) atoms. The number of hydrogen-bond acceptors (Lipinski definition) is 4. The van der Waals surface area contributed by atoms with Crippen LogP contribution in [0.25, 0.3) is 11.5 Å². The van der Waals surface area contributed by atoms with Gasteiger partial charge in [0, 0.05) is 18.4 Å². The molecule has 0 radical (unpaired) electrons. The Kier molecular flexibility index (Phi) is 1.88. The van der Waals surface area contributed by atoms with Crippen molar-refractivity contribution in [1.29, 1.82) is 0 Å². The highest BCUT2D eigenvalue weighted by molar-refractivity contribution is 7.71. The van der Waals surface area contributed by atoms with Gasteiger partial charge in [0.1, 0.15) is 5.69 Å². The van der Waals surface area contributed by atoms with Crippen LogP contribution in [0.5, 0.6) is 0 Å². The quantitative estimate of drug-likeness (QED) is 0.781. The lowest BCUT2D eigenvalue weighted by atomic mass is 10.4. The van der Waals surface area contributed by atoms with Crippen LogP contribution in [-0.2, 0) is 0 Å². The minimum absolute atomic E-state index is 0.494. The third-order valence-electron chi connectivity index (χ3n) is 2.41. The van der Waals surface area contributed by atoms with Gasteiger partial charge in [-0.2, -0.15) is 5.10 Å². The van der Waals surface area contributed by atoms with E-state index in [2.05, 4.69) is 20.2 Å². The highest BCUT2D eigenvalue weighted by Gasteiger charge is 2.28. The summed E-state index contributed by atoms with van der Waals surface area (Å²) in [5.74, 6) is 0.788. The molecule has 2 aromatic rings. The number of H-pyrrole nitrogens is 1. The van der Waals surface area contributed by atoms with Gasteiger partial charge in [0.2, 0.25) is 0 Å². The monoisotopic (exact) mass is 219 g/mol. The molecule has 1 saturated carbocycles. The van der Waals surface area contributed by atoms with Gasteiger partial charge in [0.15, 0.2) is 10.6 Å². The Morgan fingerprint density at radius 1 is 1.40 bits per heavy atom. The third kappa shape index (κ3) is 1.46. The zero-order chi connectivity index (χ0) is 10.3. The van der Waals surface area contributed by atoms with Crippen molar-refractivity contribution < 1.29 is 0 Å². The first kappa shape index (κ1) is 8.72. The summed E-state index contributed by atoms with van der Waals surface area (Å²) < 4.78 is 2.69. The van der Waals surface area contributed by atoms with Crippen LogP contribution in [0.1, 0.15) is 18.9 Å². The van der Waals surface area contributed by atoms with Crippen LogP contribution in [0, 0.1) is 4.77 Å². The molecule has 1 fully saturated rings. The number of nitrogens with zero attached hydrogens (tertiary/aromatic N) is 4. The molecule has 3 rings (SSSR count). The second-order valence-corrected chi connectivity index (χ2v) is 3.93. The van der Waals surface area contributed by atoms with Gasteiger partial charge in [0.25, 0.3) is 0 Å². The topological polar surface area (TPSA) is 59.4 Å². The molecule has 0 aromatic carbocycles. The number of rotatable bonds is 2. The molecule has 0 unspecified atom stereocenters. The summed E-state index contributed by atoms with van der Waals surface area (Å²) in [6.45, 7) is 0. The van der Waals surface area contributed by atoms with E-state index in [0.29, 0.717) is 10.8 Å². The van der Waals surface area contributed by atoms with Gasteiger partial charge in [-0.15, -0.1) is 0 Å². The minimum Gasteiger partial charge on any atom is -0.296 e. The molecule has 2 aromatic heterocycles. The molecular weight excluding hydrogens is 210 g/mol. The average molecular weight is 219 g/mol. The zero-order valence-corrected chi connectivity index (χ0v) is 8.74. The van der Waals surface area contributed by atoms with Crippen molar-refractivity contribution in [3.8, 4) is 11.5 Å². The van der Waals surface area contributed by atoms with Crippen molar-refractivity contribution in [3.05, 3.63) is 23.4 Å². The van der Waals surface area contributed by atoms with E-state index in [0.717, 1.165) is 11.5 Å². The van der Waals surface area contributed by atoms with Crippen LogP contribution in [0.4, 0.5) is 0 Å². The molecule has 5 nitrogen and oxygen atoms in total. The Morgan fingerprint density at radius 2 is 2.27 bits per heavy atom. The largest absolute Gasteiger partial charge is 0.296 e. The van der Waals surface area contributed by atoms with Gasteiger partial charge >= 0.3 is 0 Å². The second-order valence-electron chi connectivity index (χ2n) is 3.54.